The second-order valence-electron chi connectivity index (χ2n) is 7.78. The van der Waals surface area contributed by atoms with Crippen molar-refractivity contribution in [1.82, 2.24) is 14.8 Å². The van der Waals surface area contributed by atoms with Gasteiger partial charge in [0.1, 0.15) is 0 Å². The van der Waals surface area contributed by atoms with E-state index in [0.29, 0.717) is 11.4 Å². The van der Waals surface area contributed by atoms with E-state index >= 15 is 0 Å². The molecule has 2 aromatic carbocycles. The molecule has 28 heavy (non-hydrogen) atoms. The van der Waals surface area contributed by atoms with Gasteiger partial charge in [0.2, 0.25) is 0 Å². The first-order valence-corrected chi connectivity index (χ1v) is 9.24. The van der Waals surface area contributed by atoms with Gasteiger partial charge in [-0.1, -0.05) is 57.2 Å². The number of pyridine rings is 1. The number of aromatic amines is 1. The predicted octanol–water partition coefficient (Wildman–Crippen LogP) is 4.76. The summed E-state index contributed by atoms with van der Waals surface area (Å²) < 4.78 is 1.81. The predicted molar refractivity (Wildman–Crippen MR) is 114 cm³/mol. The summed E-state index contributed by atoms with van der Waals surface area (Å²) in [4.78, 5) is 19.9. The minimum absolute atomic E-state index is 0.106. The lowest BCUT2D eigenvalue weighted by Gasteiger charge is -2.14. The van der Waals surface area contributed by atoms with Gasteiger partial charge < -0.3 is 4.98 Å². The van der Waals surface area contributed by atoms with Crippen molar-refractivity contribution in [2.75, 3.05) is 0 Å². The summed E-state index contributed by atoms with van der Waals surface area (Å²) in [6.07, 6.45) is 1.61. The zero-order valence-electron chi connectivity index (χ0n) is 16.2. The summed E-state index contributed by atoms with van der Waals surface area (Å²) in [7, 11) is 0. The molecule has 0 bridgehead atoms. The van der Waals surface area contributed by atoms with Crippen LogP contribution in [0.1, 0.15) is 32.0 Å². The maximum Gasteiger partial charge on any atom is 0.257 e. The third-order valence-electron chi connectivity index (χ3n) is 4.58. The lowest BCUT2D eigenvalue weighted by atomic mass is 9.92. The lowest BCUT2D eigenvalue weighted by molar-refractivity contribution is 0.560. The highest BCUT2D eigenvalue weighted by Crippen LogP contribution is 2.27. The van der Waals surface area contributed by atoms with Crippen molar-refractivity contribution in [2.24, 2.45) is 4.99 Å². The molecule has 0 unspecified atom stereocenters. The molecule has 4 aromatic rings. The van der Waals surface area contributed by atoms with Crippen molar-refractivity contribution >= 4 is 22.9 Å². The van der Waals surface area contributed by atoms with Crippen LogP contribution in [-0.2, 0) is 5.41 Å². The largest absolute Gasteiger partial charge is 0.321 e. The SMILES string of the molecule is CC(C)(C)c1cc(/N=C/c2cc3ccccc3[nH]c2=O)n(-c2ccccc2)n1. The van der Waals surface area contributed by atoms with Crippen LogP contribution in [0.2, 0.25) is 0 Å². The molecular weight excluding hydrogens is 348 g/mol. The first kappa shape index (κ1) is 17.9. The van der Waals surface area contributed by atoms with Gasteiger partial charge in [-0.25, -0.2) is 9.67 Å². The van der Waals surface area contributed by atoms with E-state index in [1.165, 1.54) is 0 Å². The van der Waals surface area contributed by atoms with Gasteiger partial charge in [-0.3, -0.25) is 4.79 Å². The van der Waals surface area contributed by atoms with E-state index in [0.717, 1.165) is 22.3 Å². The van der Waals surface area contributed by atoms with E-state index < -0.39 is 0 Å². The minimum Gasteiger partial charge on any atom is -0.321 e. The van der Waals surface area contributed by atoms with Crippen molar-refractivity contribution in [2.45, 2.75) is 26.2 Å². The molecule has 0 aliphatic carbocycles. The van der Waals surface area contributed by atoms with Crippen molar-refractivity contribution in [3.8, 4) is 5.69 Å². The fourth-order valence-corrected chi connectivity index (χ4v) is 2.98. The Hall–Kier alpha value is -3.47. The molecular formula is C23H22N4O. The normalized spacial score (nSPS) is 12.1. The van der Waals surface area contributed by atoms with Gasteiger partial charge in [-0.2, -0.15) is 5.10 Å². The first-order chi connectivity index (χ1) is 13.4. The zero-order valence-corrected chi connectivity index (χ0v) is 16.2. The van der Waals surface area contributed by atoms with Crippen LogP contribution in [0.25, 0.3) is 16.6 Å². The molecule has 5 nitrogen and oxygen atoms in total. The number of benzene rings is 2. The van der Waals surface area contributed by atoms with Gasteiger partial charge in [0.25, 0.3) is 5.56 Å². The van der Waals surface area contributed by atoms with E-state index in [-0.39, 0.29) is 11.0 Å². The number of hydrogen-bond donors (Lipinski definition) is 1. The first-order valence-electron chi connectivity index (χ1n) is 9.24. The van der Waals surface area contributed by atoms with Crippen LogP contribution in [0.5, 0.6) is 0 Å². The molecule has 0 aliphatic rings. The van der Waals surface area contributed by atoms with Crippen molar-refractivity contribution in [1.29, 1.82) is 0 Å². The minimum atomic E-state index is -0.163. The van der Waals surface area contributed by atoms with Gasteiger partial charge in [0, 0.05) is 23.2 Å². The average Bonchev–Trinajstić information content (AvgIpc) is 3.12. The van der Waals surface area contributed by atoms with Crippen molar-refractivity contribution in [3.63, 3.8) is 0 Å². The topological polar surface area (TPSA) is 63.0 Å². The Labute approximate surface area is 163 Å². The number of para-hydroxylation sites is 2. The Morgan fingerprint density at radius 3 is 2.46 bits per heavy atom. The monoisotopic (exact) mass is 370 g/mol. The molecule has 0 atom stereocenters. The summed E-state index contributed by atoms with van der Waals surface area (Å²) in [5.74, 6) is 0.684. The summed E-state index contributed by atoms with van der Waals surface area (Å²) in [6.45, 7) is 6.35. The third kappa shape index (κ3) is 3.51. The quantitative estimate of drug-likeness (QED) is 0.528. The number of nitrogens with zero attached hydrogens (tertiary/aromatic N) is 3. The lowest BCUT2D eigenvalue weighted by Crippen LogP contribution is -2.12. The second-order valence-corrected chi connectivity index (χ2v) is 7.78. The maximum absolute atomic E-state index is 12.4. The van der Waals surface area contributed by atoms with E-state index in [4.69, 9.17) is 5.10 Å². The highest BCUT2D eigenvalue weighted by atomic mass is 16.1. The molecule has 4 rings (SSSR count). The number of H-pyrrole nitrogens is 1. The average molecular weight is 370 g/mol. The fraction of sp³-hybridized carbons (Fsp3) is 0.174. The Kier molecular flexibility index (Phi) is 4.43. The number of hydrogen-bond acceptors (Lipinski definition) is 3. The molecule has 140 valence electrons. The Morgan fingerprint density at radius 2 is 1.71 bits per heavy atom. The summed E-state index contributed by atoms with van der Waals surface area (Å²) in [5, 5.41) is 5.72. The molecule has 0 spiro atoms. The van der Waals surface area contributed by atoms with Crippen molar-refractivity contribution in [3.05, 3.63) is 88.3 Å². The molecule has 0 saturated carbocycles. The van der Waals surface area contributed by atoms with Crippen molar-refractivity contribution < 1.29 is 0 Å². The van der Waals surface area contributed by atoms with E-state index in [1.54, 1.807) is 6.21 Å². The molecule has 0 saturated heterocycles. The van der Waals surface area contributed by atoms with Crippen LogP contribution in [0.3, 0.4) is 0 Å². The number of fused-ring (bicyclic) bond motifs is 1. The maximum atomic E-state index is 12.4. The van der Waals surface area contributed by atoms with Gasteiger partial charge in [0.15, 0.2) is 5.82 Å². The van der Waals surface area contributed by atoms with Crippen LogP contribution >= 0.6 is 0 Å². The van der Waals surface area contributed by atoms with Gasteiger partial charge >= 0.3 is 0 Å². The van der Waals surface area contributed by atoms with Crippen LogP contribution in [0, 0.1) is 0 Å². The zero-order chi connectivity index (χ0) is 19.7. The fourth-order valence-electron chi connectivity index (χ4n) is 2.98. The van der Waals surface area contributed by atoms with Gasteiger partial charge in [-0.05, 0) is 29.7 Å². The molecule has 5 heteroatoms. The Balaban J connectivity index is 1.80. The summed E-state index contributed by atoms with van der Waals surface area (Å²) in [6, 6.07) is 21.4. The van der Waals surface area contributed by atoms with Crippen LogP contribution in [0.15, 0.2) is 76.5 Å². The molecule has 2 heterocycles. The second kappa shape index (κ2) is 6.93. The molecule has 0 fully saturated rings. The Bertz CT molecular complexity index is 1210. The smallest absolute Gasteiger partial charge is 0.257 e. The van der Waals surface area contributed by atoms with Gasteiger partial charge in [-0.15, -0.1) is 0 Å². The van der Waals surface area contributed by atoms with E-state index in [1.807, 2.05) is 71.4 Å². The Morgan fingerprint density at radius 1 is 1.00 bits per heavy atom. The standard InChI is InChI=1S/C23H22N4O/c1-23(2,3)20-14-21(27(26-20)18-10-5-4-6-11-18)24-15-17-13-16-9-7-8-12-19(16)25-22(17)28/h4-15H,1-3H3,(H,25,28)/b24-15+. The highest BCUT2D eigenvalue weighted by Gasteiger charge is 2.20. The molecule has 1 N–H and O–H groups in total. The number of nitrogens with one attached hydrogen (secondary N) is 1. The third-order valence-corrected chi connectivity index (χ3v) is 4.58. The van der Waals surface area contributed by atoms with Gasteiger partial charge in [0.05, 0.1) is 16.9 Å². The van der Waals surface area contributed by atoms with Crippen LogP contribution in [-0.4, -0.2) is 21.0 Å². The molecule has 0 radical (unpaired) electrons. The summed E-state index contributed by atoms with van der Waals surface area (Å²) >= 11 is 0. The number of rotatable bonds is 3. The summed E-state index contributed by atoms with van der Waals surface area (Å²) in [5.41, 5.74) is 2.92. The molecule has 0 aliphatic heterocycles. The van der Waals surface area contributed by atoms with E-state index in [2.05, 4.69) is 30.7 Å². The highest BCUT2D eigenvalue weighted by molar-refractivity contribution is 5.88. The van der Waals surface area contributed by atoms with E-state index in [9.17, 15) is 4.79 Å². The number of aromatic nitrogens is 3. The van der Waals surface area contributed by atoms with Crippen LogP contribution < -0.4 is 5.56 Å². The van der Waals surface area contributed by atoms with Crippen LogP contribution in [0.4, 0.5) is 5.82 Å². The molecule has 2 aromatic heterocycles. The number of aliphatic imine (C=N–C) groups is 1. The molecule has 0 amide bonds.